The van der Waals surface area contributed by atoms with Gasteiger partial charge in [0.1, 0.15) is 0 Å². The van der Waals surface area contributed by atoms with Gasteiger partial charge in [0.2, 0.25) is 0 Å². The summed E-state index contributed by atoms with van der Waals surface area (Å²) in [6.07, 6.45) is 0.327. The van der Waals surface area contributed by atoms with E-state index in [1.807, 2.05) is 6.92 Å². The number of carbonyl (C=O) groups is 1. The lowest BCUT2D eigenvalue weighted by molar-refractivity contribution is 0.146. The number of hydrogen-bond donors (Lipinski definition) is 1. The summed E-state index contributed by atoms with van der Waals surface area (Å²) in [6, 6.07) is 0. The summed E-state index contributed by atoms with van der Waals surface area (Å²) in [5, 5.41) is 2.42. The van der Waals surface area contributed by atoms with Crippen LogP contribution in [0.5, 0.6) is 0 Å². The van der Waals surface area contributed by atoms with Gasteiger partial charge in [0.25, 0.3) is 0 Å². The molecule has 0 radical (unpaired) electrons. The minimum Gasteiger partial charge on any atom is -0.450 e. The van der Waals surface area contributed by atoms with Crippen LogP contribution in [0, 0.1) is 0 Å². The Morgan fingerprint density at radius 2 is 2.38 bits per heavy atom. The van der Waals surface area contributed by atoms with Gasteiger partial charge in [-0.25, -0.2) is 4.79 Å². The van der Waals surface area contributed by atoms with E-state index in [-0.39, 0.29) is 19.5 Å². The third-order valence-electron chi connectivity index (χ3n) is 1.27. The molecule has 0 atom stereocenters. The van der Waals surface area contributed by atoms with E-state index < -0.39 is 20.0 Å². The zero-order valence-corrected chi connectivity index (χ0v) is 7.80. The molecule has 0 aromatic heterocycles. The standard InChI is InChI=1S/C9H20N2O2/c1-4-8-13-9(12)10-6-5-7-11(2)3/h4-8H2,1-3H3,(H,10,12)/i2D3,3D3. The Kier molecular flexibility index (Phi) is 3.14. The van der Waals surface area contributed by atoms with E-state index in [0.717, 1.165) is 0 Å². The molecule has 0 unspecified atom stereocenters. The third-order valence-corrected chi connectivity index (χ3v) is 1.27. The summed E-state index contributed by atoms with van der Waals surface area (Å²) in [4.78, 5) is 11.5. The Bertz CT molecular complexity index is 265. The van der Waals surface area contributed by atoms with Crippen LogP contribution >= 0.6 is 0 Å². The Morgan fingerprint density at radius 3 is 3.00 bits per heavy atom. The highest BCUT2D eigenvalue weighted by atomic mass is 16.5. The van der Waals surface area contributed by atoms with Crippen molar-refractivity contribution < 1.29 is 17.8 Å². The molecule has 0 fully saturated rings. The van der Waals surface area contributed by atoms with Crippen molar-refractivity contribution in [2.45, 2.75) is 19.8 Å². The number of amides is 1. The van der Waals surface area contributed by atoms with E-state index in [1.54, 1.807) is 0 Å². The monoisotopic (exact) mass is 194 g/mol. The summed E-state index contributed by atoms with van der Waals surface area (Å²) < 4.78 is 47.6. The van der Waals surface area contributed by atoms with Crippen LogP contribution < -0.4 is 5.32 Å². The number of ether oxygens (including phenoxy) is 1. The fraction of sp³-hybridized carbons (Fsp3) is 0.889. The van der Waals surface area contributed by atoms with Gasteiger partial charge in [0, 0.05) is 14.8 Å². The second kappa shape index (κ2) is 7.86. The van der Waals surface area contributed by atoms with Gasteiger partial charge in [-0.2, -0.15) is 0 Å². The molecule has 13 heavy (non-hydrogen) atoms. The van der Waals surface area contributed by atoms with Gasteiger partial charge >= 0.3 is 6.09 Å². The molecule has 0 aliphatic rings. The first-order valence-electron chi connectivity index (χ1n) is 7.27. The molecular formula is C9H20N2O2. The summed E-state index contributed by atoms with van der Waals surface area (Å²) >= 11 is 0. The number of alkyl carbamates (subject to hydrolysis) is 1. The molecule has 0 aliphatic heterocycles. The second-order valence-electron chi connectivity index (χ2n) is 2.57. The zero-order chi connectivity index (χ0) is 15.1. The molecule has 0 saturated carbocycles. The van der Waals surface area contributed by atoms with Gasteiger partial charge in [-0.3, -0.25) is 0 Å². The molecule has 78 valence electrons. The average molecular weight is 194 g/mol. The van der Waals surface area contributed by atoms with Gasteiger partial charge in [0.15, 0.2) is 0 Å². The Hall–Kier alpha value is -0.770. The summed E-state index contributed by atoms with van der Waals surface area (Å²) in [5.74, 6) is 0. The zero-order valence-electron chi connectivity index (χ0n) is 13.8. The average Bonchev–Trinajstić information content (AvgIpc) is 2.22. The van der Waals surface area contributed by atoms with Crippen molar-refractivity contribution in [2.75, 3.05) is 33.6 Å². The van der Waals surface area contributed by atoms with Crippen molar-refractivity contribution in [3.63, 3.8) is 0 Å². The van der Waals surface area contributed by atoms with E-state index in [1.165, 1.54) is 0 Å². The van der Waals surface area contributed by atoms with Gasteiger partial charge in [0.05, 0.1) is 6.61 Å². The summed E-state index contributed by atoms with van der Waals surface area (Å²) in [6.45, 7) is -3.21. The molecule has 0 rings (SSSR count). The first kappa shape index (κ1) is 5.20. The first-order chi connectivity index (χ1) is 8.59. The molecule has 0 heterocycles. The molecule has 0 bridgehead atoms. The fourth-order valence-corrected chi connectivity index (χ4v) is 0.673. The second-order valence-corrected chi connectivity index (χ2v) is 2.57. The minimum atomic E-state index is -2.69. The van der Waals surface area contributed by atoms with Crippen molar-refractivity contribution >= 4 is 6.09 Å². The van der Waals surface area contributed by atoms with Gasteiger partial charge in [-0.05, 0) is 33.3 Å². The molecular weight excluding hydrogens is 168 g/mol. The Labute approximate surface area is 88.7 Å². The quantitative estimate of drug-likeness (QED) is 0.643. The lowest BCUT2D eigenvalue weighted by atomic mass is 10.4. The van der Waals surface area contributed by atoms with E-state index in [0.29, 0.717) is 17.9 Å². The highest BCUT2D eigenvalue weighted by Crippen LogP contribution is 1.84. The van der Waals surface area contributed by atoms with Crippen LogP contribution in [0.1, 0.15) is 28.0 Å². The minimum absolute atomic E-state index is 0.158. The molecule has 1 N–H and O–H groups in total. The highest BCUT2D eigenvalue weighted by Gasteiger charge is 1.98. The van der Waals surface area contributed by atoms with Crippen LogP contribution in [-0.4, -0.2) is 44.6 Å². The van der Waals surface area contributed by atoms with Gasteiger partial charge in [-0.1, -0.05) is 6.92 Å². The van der Waals surface area contributed by atoms with E-state index in [9.17, 15) is 4.79 Å². The SMILES string of the molecule is [2H]C([2H])([2H])N(CCCNC(=O)OCCC)C([2H])([2H])[2H]. The number of rotatable bonds is 6. The van der Waals surface area contributed by atoms with E-state index in [2.05, 4.69) is 5.32 Å². The Morgan fingerprint density at radius 1 is 1.62 bits per heavy atom. The van der Waals surface area contributed by atoms with Crippen molar-refractivity contribution in [2.24, 2.45) is 0 Å². The van der Waals surface area contributed by atoms with Gasteiger partial charge in [-0.15, -0.1) is 0 Å². The molecule has 4 heteroatoms. The van der Waals surface area contributed by atoms with Crippen LogP contribution in [-0.2, 0) is 4.74 Å². The lowest BCUT2D eigenvalue weighted by Crippen LogP contribution is -2.27. The molecule has 0 spiro atoms. The van der Waals surface area contributed by atoms with E-state index in [4.69, 9.17) is 13.0 Å². The van der Waals surface area contributed by atoms with Crippen LogP contribution in [0.2, 0.25) is 0 Å². The van der Waals surface area contributed by atoms with Crippen LogP contribution in [0.15, 0.2) is 0 Å². The highest BCUT2D eigenvalue weighted by molar-refractivity contribution is 5.66. The van der Waals surface area contributed by atoms with E-state index >= 15 is 0 Å². The van der Waals surface area contributed by atoms with Crippen molar-refractivity contribution in [3.05, 3.63) is 0 Å². The smallest absolute Gasteiger partial charge is 0.407 e. The lowest BCUT2D eigenvalue weighted by Gasteiger charge is -2.09. The van der Waals surface area contributed by atoms with Crippen molar-refractivity contribution in [1.82, 2.24) is 10.2 Å². The largest absolute Gasteiger partial charge is 0.450 e. The van der Waals surface area contributed by atoms with Crippen LogP contribution in [0.25, 0.3) is 0 Å². The maximum atomic E-state index is 11.1. The van der Waals surface area contributed by atoms with Crippen molar-refractivity contribution in [1.29, 1.82) is 0 Å². The molecule has 0 saturated heterocycles. The van der Waals surface area contributed by atoms with Crippen LogP contribution in [0.3, 0.4) is 0 Å². The molecule has 0 aliphatic carbocycles. The molecule has 0 aromatic carbocycles. The van der Waals surface area contributed by atoms with Crippen LogP contribution in [0.4, 0.5) is 4.79 Å². The molecule has 4 nitrogen and oxygen atoms in total. The summed E-state index contributed by atoms with van der Waals surface area (Å²) in [5.41, 5.74) is 0. The summed E-state index contributed by atoms with van der Waals surface area (Å²) in [7, 11) is 0. The number of nitrogens with zero attached hydrogens (tertiary/aromatic N) is 1. The van der Waals surface area contributed by atoms with Gasteiger partial charge < -0.3 is 15.0 Å². The predicted octanol–water partition coefficient (Wildman–Crippen LogP) is 1.07. The normalized spacial score (nSPS) is 18.9. The maximum absolute atomic E-state index is 11.1. The molecule has 1 amide bonds. The predicted molar refractivity (Wildman–Crippen MR) is 52.8 cm³/mol. The number of hydrogen-bond acceptors (Lipinski definition) is 3. The fourth-order valence-electron chi connectivity index (χ4n) is 0.673. The van der Waals surface area contributed by atoms with Crippen molar-refractivity contribution in [3.8, 4) is 0 Å². The number of nitrogens with one attached hydrogen (secondary N) is 1. The number of carbonyl (C=O) groups excluding carboxylic acids is 1. The third kappa shape index (κ3) is 9.14. The first-order valence-corrected chi connectivity index (χ1v) is 4.27. The Balaban J connectivity index is 4.06. The molecule has 0 aromatic rings. The maximum Gasteiger partial charge on any atom is 0.407 e. The topological polar surface area (TPSA) is 41.6 Å².